The molecular weight excluding hydrogens is 364 g/mol. The predicted molar refractivity (Wildman–Crippen MR) is 104 cm³/mol. The minimum atomic E-state index is -3.73. The monoisotopic (exact) mass is 394 g/mol. The first-order valence-electron chi connectivity index (χ1n) is 9.64. The second-order valence-electron chi connectivity index (χ2n) is 7.99. The Morgan fingerprint density at radius 3 is 2.41 bits per heavy atom. The molecule has 3 unspecified atom stereocenters. The highest BCUT2D eigenvalue weighted by Gasteiger charge is 2.43. The van der Waals surface area contributed by atoms with Crippen LogP contribution in [0.4, 0.5) is 0 Å². The molecule has 0 N–H and O–H groups in total. The molecule has 0 radical (unpaired) electrons. The van der Waals surface area contributed by atoms with Gasteiger partial charge in [0.1, 0.15) is 6.04 Å². The van der Waals surface area contributed by atoms with Crippen molar-refractivity contribution < 1.29 is 17.9 Å². The zero-order valence-electron chi connectivity index (χ0n) is 16.9. The van der Waals surface area contributed by atoms with Gasteiger partial charge in [0, 0.05) is 13.1 Å². The van der Waals surface area contributed by atoms with Gasteiger partial charge in [-0.25, -0.2) is 8.42 Å². The van der Waals surface area contributed by atoms with Gasteiger partial charge in [-0.3, -0.25) is 4.79 Å². The molecule has 2 heterocycles. The number of sulfonamides is 1. The third-order valence-corrected chi connectivity index (χ3v) is 7.77. The summed E-state index contributed by atoms with van der Waals surface area (Å²) in [6.07, 6.45) is 1.24. The van der Waals surface area contributed by atoms with E-state index in [1.54, 1.807) is 4.90 Å². The summed E-state index contributed by atoms with van der Waals surface area (Å²) in [6, 6.07) is 3.11. The third kappa shape index (κ3) is 3.77. The summed E-state index contributed by atoms with van der Waals surface area (Å²) < 4.78 is 34.0. The Labute approximate surface area is 162 Å². The highest BCUT2D eigenvalue weighted by atomic mass is 32.2. The van der Waals surface area contributed by atoms with Gasteiger partial charge in [-0.15, -0.1) is 0 Å². The fourth-order valence-electron chi connectivity index (χ4n) is 4.37. The first-order chi connectivity index (χ1) is 12.6. The first kappa shape index (κ1) is 20.3. The van der Waals surface area contributed by atoms with Crippen LogP contribution in [0.5, 0.6) is 0 Å². The normalized spacial score (nSPS) is 27.1. The average molecular weight is 395 g/mol. The molecule has 6 nitrogen and oxygen atoms in total. The number of amides is 1. The first-order valence-corrected chi connectivity index (χ1v) is 11.1. The Bertz CT molecular complexity index is 813. The van der Waals surface area contributed by atoms with E-state index in [1.165, 1.54) is 4.31 Å². The highest BCUT2D eigenvalue weighted by molar-refractivity contribution is 7.89. The van der Waals surface area contributed by atoms with Crippen LogP contribution in [0.2, 0.25) is 0 Å². The van der Waals surface area contributed by atoms with Crippen molar-refractivity contribution in [2.75, 3.05) is 19.7 Å². The molecule has 2 fully saturated rings. The zero-order chi connectivity index (χ0) is 19.9. The molecule has 0 spiro atoms. The predicted octanol–water partition coefficient (Wildman–Crippen LogP) is 2.40. The maximum absolute atomic E-state index is 13.5. The fourth-order valence-corrected chi connectivity index (χ4v) is 6.43. The summed E-state index contributed by atoms with van der Waals surface area (Å²) in [4.78, 5) is 15.4. The smallest absolute Gasteiger partial charge is 0.244 e. The van der Waals surface area contributed by atoms with Crippen molar-refractivity contribution in [2.24, 2.45) is 0 Å². The number of rotatable bonds is 3. The summed E-state index contributed by atoms with van der Waals surface area (Å²) in [5.41, 5.74) is 2.51. The minimum absolute atomic E-state index is 0.0294. The standard InChI is InChI=1S/C20H30N2O4S/c1-13-9-14(2)19(15(3)10-13)27(24,25)22-8-6-7-18(22)20(23)21-11-17(5)26-12-16(21)4/h9-10,16-18H,6-8,11-12H2,1-5H3. The molecule has 0 saturated carbocycles. The molecule has 0 bridgehead atoms. The Kier molecular flexibility index (Phi) is 5.66. The van der Waals surface area contributed by atoms with Crippen LogP contribution in [0.3, 0.4) is 0 Å². The van der Waals surface area contributed by atoms with E-state index < -0.39 is 16.1 Å². The molecule has 3 rings (SSSR count). The lowest BCUT2D eigenvalue weighted by Gasteiger charge is -2.39. The van der Waals surface area contributed by atoms with Gasteiger partial charge < -0.3 is 9.64 Å². The molecule has 1 aromatic carbocycles. The number of hydrogen-bond acceptors (Lipinski definition) is 4. The van der Waals surface area contributed by atoms with E-state index in [0.29, 0.717) is 37.4 Å². The molecule has 2 aliphatic rings. The summed E-state index contributed by atoms with van der Waals surface area (Å²) in [6.45, 7) is 10.9. The Balaban J connectivity index is 1.93. The molecule has 3 atom stereocenters. The number of benzene rings is 1. The van der Waals surface area contributed by atoms with E-state index in [-0.39, 0.29) is 18.1 Å². The molecule has 27 heavy (non-hydrogen) atoms. The molecule has 2 aliphatic heterocycles. The quantitative estimate of drug-likeness (QED) is 0.790. The second kappa shape index (κ2) is 7.53. The van der Waals surface area contributed by atoms with Crippen molar-refractivity contribution in [1.82, 2.24) is 9.21 Å². The van der Waals surface area contributed by atoms with Gasteiger partial charge in [0.2, 0.25) is 15.9 Å². The molecule has 0 aromatic heterocycles. The van der Waals surface area contributed by atoms with Crippen LogP contribution >= 0.6 is 0 Å². The number of carbonyl (C=O) groups is 1. The van der Waals surface area contributed by atoms with Crippen molar-refractivity contribution in [3.05, 3.63) is 28.8 Å². The Hall–Kier alpha value is -1.44. The average Bonchev–Trinajstić information content (AvgIpc) is 3.05. The summed E-state index contributed by atoms with van der Waals surface area (Å²) >= 11 is 0. The molecule has 1 aromatic rings. The maximum Gasteiger partial charge on any atom is 0.244 e. The van der Waals surface area contributed by atoms with E-state index in [9.17, 15) is 13.2 Å². The minimum Gasteiger partial charge on any atom is -0.375 e. The van der Waals surface area contributed by atoms with E-state index >= 15 is 0 Å². The van der Waals surface area contributed by atoms with Gasteiger partial charge >= 0.3 is 0 Å². The van der Waals surface area contributed by atoms with Gasteiger partial charge in [0.15, 0.2) is 0 Å². The van der Waals surface area contributed by atoms with Gasteiger partial charge in [0.05, 0.1) is 23.6 Å². The lowest BCUT2D eigenvalue weighted by Crippen LogP contribution is -2.56. The van der Waals surface area contributed by atoms with Crippen LogP contribution in [-0.2, 0) is 19.6 Å². The van der Waals surface area contributed by atoms with Crippen LogP contribution in [-0.4, -0.2) is 61.4 Å². The Morgan fingerprint density at radius 1 is 1.15 bits per heavy atom. The number of hydrogen-bond donors (Lipinski definition) is 0. The summed E-state index contributed by atoms with van der Waals surface area (Å²) in [5.74, 6) is -0.0962. The highest BCUT2D eigenvalue weighted by Crippen LogP contribution is 2.32. The lowest BCUT2D eigenvalue weighted by atomic mass is 10.1. The molecule has 0 aliphatic carbocycles. The van der Waals surface area contributed by atoms with E-state index in [1.807, 2.05) is 46.8 Å². The van der Waals surface area contributed by atoms with Gasteiger partial charge in [0.25, 0.3) is 0 Å². The zero-order valence-corrected chi connectivity index (χ0v) is 17.7. The second-order valence-corrected chi connectivity index (χ2v) is 9.81. The van der Waals surface area contributed by atoms with E-state index in [4.69, 9.17) is 4.74 Å². The van der Waals surface area contributed by atoms with Crippen LogP contribution < -0.4 is 0 Å². The van der Waals surface area contributed by atoms with Crippen molar-refractivity contribution in [2.45, 2.75) is 70.5 Å². The van der Waals surface area contributed by atoms with Crippen LogP contribution in [0, 0.1) is 20.8 Å². The lowest BCUT2D eigenvalue weighted by molar-refractivity contribution is -0.146. The molecular formula is C20H30N2O4S. The van der Waals surface area contributed by atoms with Gasteiger partial charge in [-0.2, -0.15) is 4.31 Å². The number of nitrogens with zero attached hydrogens (tertiary/aromatic N) is 2. The summed E-state index contributed by atoms with van der Waals surface area (Å²) in [7, 11) is -3.73. The molecule has 150 valence electrons. The van der Waals surface area contributed by atoms with Crippen LogP contribution in [0.15, 0.2) is 17.0 Å². The van der Waals surface area contributed by atoms with Crippen molar-refractivity contribution in [1.29, 1.82) is 0 Å². The SMILES string of the molecule is Cc1cc(C)c(S(=O)(=O)N2CCCC2C(=O)N2CC(C)OCC2C)c(C)c1. The van der Waals surface area contributed by atoms with Crippen molar-refractivity contribution in [3.8, 4) is 0 Å². The molecule has 7 heteroatoms. The third-order valence-electron chi connectivity index (χ3n) is 5.55. The van der Waals surface area contributed by atoms with Gasteiger partial charge in [-0.05, 0) is 58.6 Å². The molecule has 1 amide bonds. The largest absolute Gasteiger partial charge is 0.375 e. The fraction of sp³-hybridized carbons (Fsp3) is 0.650. The number of carbonyl (C=O) groups excluding carboxylic acids is 1. The van der Waals surface area contributed by atoms with E-state index in [2.05, 4.69) is 0 Å². The maximum atomic E-state index is 13.5. The number of aryl methyl sites for hydroxylation is 3. The van der Waals surface area contributed by atoms with Crippen molar-refractivity contribution >= 4 is 15.9 Å². The Morgan fingerprint density at radius 2 is 1.78 bits per heavy atom. The van der Waals surface area contributed by atoms with Crippen LogP contribution in [0.1, 0.15) is 43.4 Å². The topological polar surface area (TPSA) is 66.9 Å². The van der Waals surface area contributed by atoms with Gasteiger partial charge in [-0.1, -0.05) is 17.7 Å². The number of morpholine rings is 1. The van der Waals surface area contributed by atoms with Crippen molar-refractivity contribution in [3.63, 3.8) is 0 Å². The van der Waals surface area contributed by atoms with E-state index in [0.717, 1.165) is 16.7 Å². The molecule has 2 saturated heterocycles. The van der Waals surface area contributed by atoms with Crippen LogP contribution in [0.25, 0.3) is 0 Å². The number of ether oxygens (including phenoxy) is 1. The summed E-state index contributed by atoms with van der Waals surface area (Å²) in [5, 5.41) is 0.